The molecule has 9 heteroatoms. The zero-order chi connectivity index (χ0) is 29.3. The predicted molar refractivity (Wildman–Crippen MR) is 158 cm³/mol. The molecule has 0 amide bonds. The summed E-state index contributed by atoms with van der Waals surface area (Å²) >= 11 is 0. The number of ether oxygens (including phenoxy) is 2. The molecule has 4 unspecified atom stereocenters. The molecule has 2 bridgehead atoms. The average Bonchev–Trinajstić information content (AvgIpc) is 2.85. The second-order valence-electron chi connectivity index (χ2n) is 13.1. The quantitative estimate of drug-likeness (QED) is 0.0560. The molecule has 2 rings (SSSR count). The number of rotatable bonds is 23. The summed E-state index contributed by atoms with van der Waals surface area (Å²) in [5.41, 5.74) is 0. The van der Waals surface area contributed by atoms with E-state index in [0.717, 1.165) is 49.7 Å². The van der Waals surface area contributed by atoms with Crippen molar-refractivity contribution in [3.8, 4) is 0 Å². The monoisotopic (exact) mass is 589 g/mol. The summed E-state index contributed by atoms with van der Waals surface area (Å²) in [6.07, 6.45) is 19.7. The van der Waals surface area contributed by atoms with Crippen LogP contribution in [-0.2, 0) is 27.9 Å². The lowest BCUT2D eigenvalue weighted by Gasteiger charge is -2.47. The van der Waals surface area contributed by atoms with Crippen LogP contribution in [0.25, 0.3) is 0 Å². The molecule has 0 aromatic heterocycles. The highest BCUT2D eigenvalue weighted by Crippen LogP contribution is 2.46. The molecule has 0 aromatic carbocycles. The third-order valence-electron chi connectivity index (χ3n) is 8.34. The summed E-state index contributed by atoms with van der Waals surface area (Å²) in [4.78, 5) is 24.1. The molecule has 0 aromatic rings. The van der Waals surface area contributed by atoms with E-state index in [1.165, 1.54) is 84.0 Å². The fraction of sp³-hybridized carbons (Fsp3) is 0.968. The predicted octanol–water partition coefficient (Wildman–Crippen LogP) is 6.79. The standard InChI is InChI=1S/C31H60NO7P/c1-5-6-7-8-9-10-11-12-13-14-15-16-17-18-19-36-25-31(38-27(2)33)26-37-40(34,35)39-30-21-28-20-29(22-30)24-32(3,4)23-28/h28-31H,5-26H2,1-4H3. The molecule has 1 aliphatic heterocycles. The van der Waals surface area contributed by atoms with Crippen molar-refractivity contribution in [2.24, 2.45) is 11.8 Å². The Kier molecular flexibility index (Phi) is 17.5. The van der Waals surface area contributed by atoms with Crippen molar-refractivity contribution in [2.75, 3.05) is 47.0 Å². The average molecular weight is 590 g/mol. The zero-order valence-electron chi connectivity index (χ0n) is 26.1. The Bertz CT molecular complexity index is 718. The molecule has 1 aliphatic carbocycles. The van der Waals surface area contributed by atoms with Gasteiger partial charge in [0, 0.05) is 25.4 Å². The topological polar surface area (TPSA) is 94.1 Å². The van der Waals surface area contributed by atoms with Gasteiger partial charge >= 0.3 is 5.97 Å². The molecule has 4 atom stereocenters. The second kappa shape index (κ2) is 19.6. The van der Waals surface area contributed by atoms with Crippen LogP contribution in [0.1, 0.15) is 123 Å². The van der Waals surface area contributed by atoms with Crippen LogP contribution >= 0.6 is 7.82 Å². The number of phosphoric acid groups is 1. The molecule has 0 radical (unpaired) electrons. The largest absolute Gasteiger partial charge is 0.756 e. The van der Waals surface area contributed by atoms with E-state index in [-0.39, 0.29) is 19.3 Å². The number of likely N-dealkylation sites (tertiary alicyclic amines) is 1. The van der Waals surface area contributed by atoms with Gasteiger partial charge in [-0.2, -0.15) is 0 Å². The number of hydrogen-bond acceptors (Lipinski definition) is 7. The lowest BCUT2D eigenvalue weighted by atomic mass is 9.76. The number of quaternary nitrogens is 1. The van der Waals surface area contributed by atoms with Crippen molar-refractivity contribution in [2.45, 2.75) is 135 Å². The van der Waals surface area contributed by atoms with E-state index < -0.39 is 19.9 Å². The fourth-order valence-electron chi connectivity index (χ4n) is 6.71. The Morgan fingerprint density at radius 1 is 0.825 bits per heavy atom. The van der Waals surface area contributed by atoms with Gasteiger partial charge < -0.3 is 27.9 Å². The number of unbranched alkanes of at least 4 members (excludes halogenated alkanes) is 13. The van der Waals surface area contributed by atoms with Crippen molar-refractivity contribution >= 4 is 13.8 Å². The third kappa shape index (κ3) is 16.8. The Morgan fingerprint density at radius 3 is 1.82 bits per heavy atom. The molecule has 8 nitrogen and oxygen atoms in total. The van der Waals surface area contributed by atoms with Crippen molar-refractivity contribution in [3.05, 3.63) is 0 Å². The number of fused-ring (bicyclic) bond motifs is 2. The minimum Gasteiger partial charge on any atom is -0.756 e. The third-order valence-corrected chi connectivity index (χ3v) is 9.36. The number of nitrogens with zero attached hydrogens (tertiary/aromatic N) is 1. The van der Waals surface area contributed by atoms with Gasteiger partial charge in [0.2, 0.25) is 0 Å². The molecule has 0 spiro atoms. The van der Waals surface area contributed by atoms with Gasteiger partial charge in [0.05, 0.1) is 46.5 Å². The van der Waals surface area contributed by atoms with Crippen molar-refractivity contribution in [3.63, 3.8) is 0 Å². The summed E-state index contributed by atoms with van der Waals surface area (Å²) in [6.45, 7) is 6.03. The van der Waals surface area contributed by atoms with E-state index >= 15 is 0 Å². The first-order valence-electron chi connectivity index (χ1n) is 16.3. The summed E-state index contributed by atoms with van der Waals surface area (Å²) < 4.78 is 35.1. The van der Waals surface area contributed by atoms with Gasteiger partial charge in [-0.15, -0.1) is 0 Å². The Hall–Kier alpha value is -0.500. The van der Waals surface area contributed by atoms with E-state index in [1.54, 1.807) is 0 Å². The van der Waals surface area contributed by atoms with Gasteiger partial charge in [-0.25, -0.2) is 0 Å². The van der Waals surface area contributed by atoms with Crippen LogP contribution in [0.15, 0.2) is 0 Å². The highest BCUT2D eigenvalue weighted by atomic mass is 31.2. The molecule has 236 valence electrons. The number of carbonyl (C=O) groups excluding carboxylic acids is 1. The molecule has 40 heavy (non-hydrogen) atoms. The number of esters is 1. The van der Waals surface area contributed by atoms with Crippen molar-refractivity contribution in [1.29, 1.82) is 0 Å². The molecule has 0 N–H and O–H groups in total. The van der Waals surface area contributed by atoms with Crippen LogP contribution in [0.5, 0.6) is 0 Å². The van der Waals surface area contributed by atoms with E-state index in [2.05, 4.69) is 21.0 Å². The highest BCUT2D eigenvalue weighted by molar-refractivity contribution is 7.45. The smallest absolute Gasteiger partial charge is 0.303 e. The van der Waals surface area contributed by atoms with Gasteiger partial charge in [-0.3, -0.25) is 9.36 Å². The lowest BCUT2D eigenvalue weighted by molar-refractivity contribution is -0.903. The Balaban J connectivity index is 1.51. The number of hydrogen-bond donors (Lipinski definition) is 0. The minimum absolute atomic E-state index is 0.110. The van der Waals surface area contributed by atoms with Crippen LogP contribution in [0.2, 0.25) is 0 Å². The number of piperidine rings is 1. The van der Waals surface area contributed by atoms with E-state index in [1.807, 2.05) is 0 Å². The summed E-state index contributed by atoms with van der Waals surface area (Å²) in [5.74, 6) is 0.463. The summed E-state index contributed by atoms with van der Waals surface area (Å²) in [6, 6.07) is 0. The second-order valence-corrected chi connectivity index (χ2v) is 14.5. The summed E-state index contributed by atoms with van der Waals surface area (Å²) in [5, 5.41) is 0. The maximum Gasteiger partial charge on any atom is 0.303 e. The first kappa shape index (κ1) is 35.7. The van der Waals surface area contributed by atoms with Gasteiger partial charge in [0.15, 0.2) is 0 Å². The SMILES string of the molecule is CCCCCCCCCCCCCCCCOCC(COP(=O)([O-])OC1CC2CC(C1)C[N+](C)(C)C2)OC(C)=O. The maximum atomic E-state index is 12.6. The zero-order valence-corrected chi connectivity index (χ0v) is 27.0. The van der Waals surface area contributed by atoms with Crippen LogP contribution in [-0.4, -0.2) is 69.7 Å². The molecule has 2 fully saturated rings. The first-order valence-corrected chi connectivity index (χ1v) is 17.8. The number of phosphoric ester groups is 1. The van der Waals surface area contributed by atoms with E-state index in [4.69, 9.17) is 18.5 Å². The van der Waals surface area contributed by atoms with Crippen molar-refractivity contribution < 1.29 is 37.3 Å². The fourth-order valence-corrected chi connectivity index (χ4v) is 7.66. The Morgan fingerprint density at radius 2 is 1.32 bits per heavy atom. The van der Waals surface area contributed by atoms with E-state index in [0.29, 0.717) is 18.4 Å². The summed E-state index contributed by atoms with van der Waals surface area (Å²) in [7, 11) is -0.0387. The molecule has 1 heterocycles. The maximum absolute atomic E-state index is 12.6. The van der Waals surface area contributed by atoms with Crippen LogP contribution in [0, 0.1) is 11.8 Å². The van der Waals surface area contributed by atoms with Crippen LogP contribution in [0.4, 0.5) is 0 Å². The molecular weight excluding hydrogens is 529 g/mol. The van der Waals surface area contributed by atoms with Crippen LogP contribution in [0.3, 0.4) is 0 Å². The van der Waals surface area contributed by atoms with Crippen molar-refractivity contribution in [1.82, 2.24) is 0 Å². The first-order chi connectivity index (χ1) is 19.1. The van der Waals surface area contributed by atoms with Gasteiger partial charge in [0.1, 0.15) is 6.10 Å². The molecular formula is C31H60NO7P. The van der Waals surface area contributed by atoms with Gasteiger partial charge in [-0.05, 0) is 25.7 Å². The normalized spacial score (nSPS) is 24.4. The van der Waals surface area contributed by atoms with Crippen LogP contribution < -0.4 is 4.89 Å². The molecule has 1 saturated carbocycles. The van der Waals surface area contributed by atoms with Gasteiger partial charge in [0.25, 0.3) is 7.82 Å². The lowest BCUT2D eigenvalue weighted by Crippen LogP contribution is -2.54. The van der Waals surface area contributed by atoms with E-state index in [9.17, 15) is 14.3 Å². The van der Waals surface area contributed by atoms with Gasteiger partial charge in [-0.1, -0.05) is 90.4 Å². The molecule has 2 aliphatic rings. The number of carbonyl (C=O) groups is 1. The highest BCUT2D eigenvalue weighted by Gasteiger charge is 2.41. The molecule has 1 saturated heterocycles. The minimum atomic E-state index is -4.51. The Labute approximate surface area is 245 Å².